The average Bonchev–Trinajstić information content (AvgIpc) is 2.96. The van der Waals surface area contributed by atoms with Crippen LogP contribution < -0.4 is 0 Å². The predicted molar refractivity (Wildman–Crippen MR) is 98.0 cm³/mol. The fourth-order valence-corrected chi connectivity index (χ4v) is 2.39. The Morgan fingerprint density at radius 3 is 2.65 bits per heavy atom. The van der Waals surface area contributed by atoms with Crippen molar-refractivity contribution in [3.63, 3.8) is 0 Å². The first-order chi connectivity index (χ1) is 12.3. The molecule has 0 aliphatic heterocycles. The van der Waals surface area contributed by atoms with Crippen LogP contribution in [0.25, 0.3) is 17.0 Å². The second-order valence-corrected chi connectivity index (χ2v) is 5.94. The Hall–Kier alpha value is -3.16. The van der Waals surface area contributed by atoms with Gasteiger partial charge < -0.3 is 9.64 Å². The summed E-state index contributed by atoms with van der Waals surface area (Å²) in [7, 11) is 3.21. The molecule has 0 spiro atoms. The van der Waals surface area contributed by atoms with E-state index in [1.54, 1.807) is 20.2 Å². The fourth-order valence-electron chi connectivity index (χ4n) is 2.39. The number of non-ortho nitro benzene ring substituents is 1. The Morgan fingerprint density at radius 2 is 2.04 bits per heavy atom. The monoisotopic (exact) mass is 359 g/mol. The molecule has 2 aromatic rings. The van der Waals surface area contributed by atoms with Gasteiger partial charge in [0.2, 0.25) is 0 Å². The number of hydrogen-bond acceptors (Lipinski definition) is 5. The van der Waals surface area contributed by atoms with Crippen LogP contribution in [0.2, 0.25) is 0 Å². The lowest BCUT2D eigenvalue weighted by molar-refractivity contribution is -0.384. The highest BCUT2D eigenvalue weighted by Gasteiger charge is 2.17. The number of carbonyl (C=O) groups excluding carboxylic acids is 2. The molecule has 26 heavy (non-hydrogen) atoms. The molecule has 0 radical (unpaired) electrons. The minimum atomic E-state index is -0.501. The van der Waals surface area contributed by atoms with Gasteiger partial charge >= 0.3 is 12.0 Å². The highest BCUT2D eigenvalue weighted by atomic mass is 16.6. The summed E-state index contributed by atoms with van der Waals surface area (Å²) in [5, 5.41) is 11.5. The molecule has 1 amide bonds. The number of nitro groups is 1. The van der Waals surface area contributed by atoms with Gasteiger partial charge in [0.25, 0.3) is 5.69 Å². The average molecular weight is 359 g/mol. The first kappa shape index (κ1) is 19.2. The lowest BCUT2D eigenvalue weighted by Crippen LogP contribution is -2.27. The van der Waals surface area contributed by atoms with E-state index in [9.17, 15) is 19.7 Å². The Morgan fingerprint density at radius 1 is 1.31 bits per heavy atom. The Bertz CT molecular complexity index is 867. The zero-order chi connectivity index (χ0) is 19.3. The number of carbonyl (C=O) groups is 2. The zero-order valence-corrected chi connectivity index (χ0v) is 15.0. The third kappa shape index (κ3) is 4.27. The number of ether oxygens (including phenoxy) is 1. The van der Waals surface area contributed by atoms with E-state index in [4.69, 9.17) is 4.74 Å². The molecule has 138 valence electrons. The molecular weight excluding hydrogens is 338 g/mol. The lowest BCUT2D eigenvalue weighted by atomic mass is 10.2. The van der Waals surface area contributed by atoms with Gasteiger partial charge in [-0.15, -0.1) is 0 Å². The third-order valence-corrected chi connectivity index (χ3v) is 3.73. The number of aromatic nitrogens is 1. The van der Waals surface area contributed by atoms with E-state index in [1.165, 1.54) is 39.8 Å². The van der Waals surface area contributed by atoms with Crippen LogP contribution in [0, 0.1) is 10.1 Å². The lowest BCUT2D eigenvalue weighted by Gasteiger charge is -2.13. The van der Waals surface area contributed by atoms with E-state index >= 15 is 0 Å². The number of benzene rings is 1. The Labute approximate surface area is 150 Å². The Balaban J connectivity index is 2.43. The van der Waals surface area contributed by atoms with Crippen molar-refractivity contribution >= 4 is 34.7 Å². The standard InChI is InChI=1S/C18H21N3O5/c1-4-5-10-26-17(22)9-7-14-11-13-12-15(21(24)25)6-8-16(13)20(14)18(23)19(2)3/h6-9,11-12H,4-5,10H2,1-3H3/b9-7+. The SMILES string of the molecule is CCCCOC(=O)/C=C/c1cc2cc([N+](=O)[O-])ccc2n1C(=O)N(C)C. The number of nitro benzene ring substituents is 1. The summed E-state index contributed by atoms with van der Waals surface area (Å²) in [5.74, 6) is -0.501. The van der Waals surface area contributed by atoms with Gasteiger partial charge in [0.05, 0.1) is 22.7 Å². The number of fused-ring (bicyclic) bond motifs is 1. The van der Waals surface area contributed by atoms with Gasteiger partial charge in [-0.2, -0.15) is 0 Å². The van der Waals surface area contributed by atoms with E-state index < -0.39 is 10.9 Å². The highest BCUT2D eigenvalue weighted by Crippen LogP contribution is 2.26. The summed E-state index contributed by atoms with van der Waals surface area (Å²) in [6, 6.07) is 5.55. The second kappa shape index (κ2) is 8.28. The highest BCUT2D eigenvalue weighted by molar-refractivity contribution is 5.97. The molecule has 0 saturated heterocycles. The summed E-state index contributed by atoms with van der Waals surface area (Å²) < 4.78 is 6.45. The number of unbranched alkanes of at least 4 members (excludes halogenated alkanes) is 1. The molecule has 8 nitrogen and oxygen atoms in total. The van der Waals surface area contributed by atoms with Crippen LogP contribution in [0.1, 0.15) is 25.5 Å². The van der Waals surface area contributed by atoms with Crippen molar-refractivity contribution in [2.45, 2.75) is 19.8 Å². The van der Waals surface area contributed by atoms with Crippen molar-refractivity contribution in [3.05, 3.63) is 46.1 Å². The van der Waals surface area contributed by atoms with Gasteiger partial charge in [0, 0.05) is 37.7 Å². The van der Waals surface area contributed by atoms with E-state index in [-0.39, 0.29) is 11.7 Å². The van der Waals surface area contributed by atoms with Crippen LogP contribution in [0.15, 0.2) is 30.3 Å². The number of amides is 1. The maximum absolute atomic E-state index is 12.5. The van der Waals surface area contributed by atoms with Crippen LogP contribution in [-0.4, -0.2) is 47.1 Å². The van der Waals surface area contributed by atoms with Crippen LogP contribution >= 0.6 is 0 Å². The van der Waals surface area contributed by atoms with Crippen molar-refractivity contribution in [1.82, 2.24) is 9.47 Å². The van der Waals surface area contributed by atoms with Gasteiger partial charge in [0.15, 0.2) is 0 Å². The first-order valence-corrected chi connectivity index (χ1v) is 8.21. The summed E-state index contributed by atoms with van der Waals surface area (Å²) in [5.41, 5.74) is 0.890. The van der Waals surface area contributed by atoms with Crippen LogP contribution in [0.4, 0.5) is 10.5 Å². The van der Waals surface area contributed by atoms with Crippen molar-refractivity contribution in [1.29, 1.82) is 0 Å². The molecule has 1 heterocycles. The van der Waals surface area contributed by atoms with Gasteiger partial charge in [-0.1, -0.05) is 13.3 Å². The van der Waals surface area contributed by atoms with Gasteiger partial charge in [-0.25, -0.2) is 9.59 Å². The molecule has 0 N–H and O–H groups in total. The third-order valence-electron chi connectivity index (χ3n) is 3.73. The minimum absolute atomic E-state index is 0.0681. The molecule has 0 saturated carbocycles. The number of hydrogen-bond donors (Lipinski definition) is 0. The number of rotatable bonds is 6. The summed E-state index contributed by atoms with van der Waals surface area (Å²) >= 11 is 0. The van der Waals surface area contributed by atoms with Gasteiger partial charge in [-0.3, -0.25) is 14.7 Å². The molecule has 0 aliphatic carbocycles. The van der Waals surface area contributed by atoms with E-state index in [0.29, 0.717) is 23.2 Å². The molecular formula is C18H21N3O5. The quantitative estimate of drug-likeness (QED) is 0.259. The molecule has 0 aliphatic rings. The molecule has 1 aromatic carbocycles. The molecule has 2 rings (SSSR count). The maximum Gasteiger partial charge on any atom is 0.330 e. The van der Waals surface area contributed by atoms with E-state index in [0.717, 1.165) is 12.8 Å². The van der Waals surface area contributed by atoms with Crippen molar-refractivity contribution in [2.24, 2.45) is 0 Å². The van der Waals surface area contributed by atoms with E-state index in [2.05, 4.69) is 0 Å². The molecule has 0 atom stereocenters. The van der Waals surface area contributed by atoms with E-state index in [1.807, 2.05) is 6.92 Å². The normalized spacial score (nSPS) is 11.0. The molecule has 0 unspecified atom stereocenters. The van der Waals surface area contributed by atoms with Crippen molar-refractivity contribution in [2.75, 3.05) is 20.7 Å². The van der Waals surface area contributed by atoms with Crippen LogP contribution in [-0.2, 0) is 9.53 Å². The van der Waals surface area contributed by atoms with Crippen molar-refractivity contribution in [3.8, 4) is 0 Å². The predicted octanol–water partition coefficient (Wildman–Crippen LogP) is 3.44. The fraction of sp³-hybridized carbons (Fsp3) is 0.333. The van der Waals surface area contributed by atoms with Gasteiger partial charge in [-0.05, 0) is 24.6 Å². The summed E-state index contributed by atoms with van der Waals surface area (Å²) in [4.78, 5) is 36.1. The summed E-state index contributed by atoms with van der Waals surface area (Å²) in [6.45, 7) is 2.33. The number of esters is 1. The molecule has 0 fully saturated rings. The largest absolute Gasteiger partial charge is 0.463 e. The molecule has 1 aromatic heterocycles. The Kier molecular flexibility index (Phi) is 6.11. The van der Waals surface area contributed by atoms with Crippen LogP contribution in [0.5, 0.6) is 0 Å². The van der Waals surface area contributed by atoms with Crippen molar-refractivity contribution < 1.29 is 19.2 Å². The zero-order valence-electron chi connectivity index (χ0n) is 15.0. The topological polar surface area (TPSA) is 94.7 Å². The number of nitrogens with zero attached hydrogens (tertiary/aromatic N) is 3. The molecule has 0 bridgehead atoms. The summed E-state index contributed by atoms with van der Waals surface area (Å²) in [6.07, 6.45) is 4.42. The maximum atomic E-state index is 12.5. The smallest absolute Gasteiger partial charge is 0.330 e. The second-order valence-electron chi connectivity index (χ2n) is 5.94. The first-order valence-electron chi connectivity index (χ1n) is 8.21. The minimum Gasteiger partial charge on any atom is -0.463 e. The van der Waals surface area contributed by atoms with Crippen LogP contribution in [0.3, 0.4) is 0 Å². The van der Waals surface area contributed by atoms with Gasteiger partial charge in [0.1, 0.15) is 0 Å². The molecule has 8 heteroatoms.